The lowest BCUT2D eigenvalue weighted by molar-refractivity contribution is -0.126. The number of nitrogens with two attached hydrogens (primary N) is 1. The zero-order valence-corrected chi connectivity index (χ0v) is 14.7. The highest BCUT2D eigenvalue weighted by molar-refractivity contribution is 7.89. The van der Waals surface area contributed by atoms with Gasteiger partial charge in [0, 0.05) is 0 Å². The summed E-state index contributed by atoms with van der Waals surface area (Å²) in [6.07, 6.45) is 0.278. The van der Waals surface area contributed by atoms with E-state index in [0.29, 0.717) is 5.75 Å². The summed E-state index contributed by atoms with van der Waals surface area (Å²) in [5.74, 6) is -0.718. The van der Waals surface area contributed by atoms with Gasteiger partial charge < -0.3 is 15.8 Å². The van der Waals surface area contributed by atoms with Gasteiger partial charge in [0.1, 0.15) is 11.8 Å². The number of primary amides is 1. The molecule has 9 heteroatoms. The van der Waals surface area contributed by atoms with E-state index in [1.165, 1.54) is 31.4 Å². The first-order valence-corrected chi connectivity index (χ1v) is 8.86. The summed E-state index contributed by atoms with van der Waals surface area (Å²) < 4.78 is 32.2. The fourth-order valence-electron chi connectivity index (χ4n) is 1.99. The number of rotatable bonds is 9. The van der Waals surface area contributed by atoms with Gasteiger partial charge in [-0.3, -0.25) is 9.59 Å². The molecule has 24 heavy (non-hydrogen) atoms. The molecular formula is C15H23N3O5S. The molecule has 0 saturated heterocycles. The summed E-state index contributed by atoms with van der Waals surface area (Å²) in [6.45, 7) is 3.36. The second-order valence-corrected chi connectivity index (χ2v) is 7.38. The molecule has 0 unspecified atom stereocenters. The highest BCUT2D eigenvalue weighted by Crippen LogP contribution is 2.16. The lowest BCUT2D eigenvalue weighted by Crippen LogP contribution is -2.49. The quantitative estimate of drug-likeness (QED) is 0.573. The number of benzene rings is 1. The second-order valence-electron chi connectivity index (χ2n) is 5.66. The molecule has 0 saturated carbocycles. The molecule has 1 rings (SSSR count). The Morgan fingerprint density at radius 3 is 2.25 bits per heavy atom. The van der Waals surface area contributed by atoms with Crippen LogP contribution in [0.3, 0.4) is 0 Å². The molecule has 0 aromatic heterocycles. The lowest BCUT2D eigenvalue weighted by Gasteiger charge is -2.20. The molecule has 2 amide bonds. The Hall–Kier alpha value is -2.13. The van der Waals surface area contributed by atoms with Crippen molar-refractivity contribution >= 4 is 21.8 Å². The summed E-state index contributed by atoms with van der Waals surface area (Å²) in [5.41, 5.74) is 4.98. The van der Waals surface area contributed by atoms with E-state index < -0.39 is 27.9 Å². The number of hydrogen-bond donors (Lipinski definition) is 3. The molecule has 0 radical (unpaired) electrons. The van der Waals surface area contributed by atoms with E-state index in [1.807, 2.05) is 13.8 Å². The van der Waals surface area contributed by atoms with Crippen molar-refractivity contribution in [3.63, 3.8) is 0 Å². The van der Waals surface area contributed by atoms with Gasteiger partial charge in [-0.15, -0.1) is 0 Å². The first-order valence-electron chi connectivity index (χ1n) is 7.38. The fourth-order valence-corrected chi connectivity index (χ4v) is 3.20. The molecule has 0 aliphatic carbocycles. The van der Waals surface area contributed by atoms with Gasteiger partial charge in [-0.05, 0) is 36.6 Å². The van der Waals surface area contributed by atoms with Crippen molar-refractivity contribution in [2.45, 2.75) is 31.2 Å². The molecule has 0 spiro atoms. The van der Waals surface area contributed by atoms with Crippen LogP contribution in [0, 0.1) is 5.92 Å². The molecule has 1 aromatic carbocycles. The number of ether oxygens (including phenoxy) is 1. The normalized spacial score (nSPS) is 12.7. The number of hydrogen-bond acceptors (Lipinski definition) is 5. The van der Waals surface area contributed by atoms with Crippen LogP contribution in [-0.4, -0.2) is 39.9 Å². The van der Waals surface area contributed by atoms with Crippen LogP contribution >= 0.6 is 0 Å². The monoisotopic (exact) mass is 357 g/mol. The Balaban J connectivity index is 2.93. The van der Waals surface area contributed by atoms with Crippen LogP contribution in [0.5, 0.6) is 5.75 Å². The number of carbonyl (C=O) groups is 2. The van der Waals surface area contributed by atoms with Crippen LogP contribution in [0.4, 0.5) is 0 Å². The molecule has 0 fully saturated rings. The molecule has 0 aliphatic rings. The summed E-state index contributed by atoms with van der Waals surface area (Å²) in [5, 5.41) is 2.32. The van der Waals surface area contributed by atoms with E-state index in [1.54, 1.807) is 0 Å². The topological polar surface area (TPSA) is 128 Å². The SMILES string of the molecule is COc1ccc(S(=O)(=O)N[C@H](CC(C)C)C(=O)NCC(N)=O)cc1. The standard InChI is InChI=1S/C15H23N3O5S/c1-10(2)8-13(15(20)17-9-14(16)19)18-24(21,22)12-6-4-11(23-3)5-7-12/h4-7,10,13,18H,8-9H2,1-3H3,(H2,16,19)(H,17,20)/t13-/m1/s1. The van der Waals surface area contributed by atoms with Crippen molar-refractivity contribution in [3.05, 3.63) is 24.3 Å². The van der Waals surface area contributed by atoms with Gasteiger partial charge in [0.15, 0.2) is 0 Å². The Morgan fingerprint density at radius 2 is 1.79 bits per heavy atom. The lowest BCUT2D eigenvalue weighted by atomic mass is 10.0. The van der Waals surface area contributed by atoms with E-state index >= 15 is 0 Å². The smallest absolute Gasteiger partial charge is 0.241 e. The largest absolute Gasteiger partial charge is 0.497 e. The van der Waals surface area contributed by atoms with Crippen molar-refractivity contribution in [2.24, 2.45) is 11.7 Å². The average Bonchev–Trinajstić information content (AvgIpc) is 2.51. The molecule has 0 heterocycles. The van der Waals surface area contributed by atoms with Gasteiger partial charge in [-0.1, -0.05) is 13.8 Å². The first-order chi connectivity index (χ1) is 11.2. The molecule has 4 N–H and O–H groups in total. The maximum absolute atomic E-state index is 12.4. The molecule has 134 valence electrons. The van der Waals surface area contributed by atoms with Crippen LogP contribution in [0.1, 0.15) is 20.3 Å². The van der Waals surface area contributed by atoms with Gasteiger partial charge >= 0.3 is 0 Å². The van der Waals surface area contributed by atoms with Crippen molar-refractivity contribution in [3.8, 4) is 5.75 Å². The van der Waals surface area contributed by atoms with E-state index in [4.69, 9.17) is 10.5 Å². The van der Waals surface area contributed by atoms with Gasteiger partial charge in [0.05, 0.1) is 18.6 Å². The van der Waals surface area contributed by atoms with E-state index in [2.05, 4.69) is 10.0 Å². The summed E-state index contributed by atoms with van der Waals surface area (Å²) in [6, 6.07) is 4.79. The third-order valence-electron chi connectivity index (χ3n) is 3.13. The summed E-state index contributed by atoms with van der Waals surface area (Å²) >= 11 is 0. The van der Waals surface area contributed by atoms with Crippen molar-refractivity contribution in [2.75, 3.05) is 13.7 Å². The number of carbonyl (C=O) groups excluding carboxylic acids is 2. The number of amides is 2. The summed E-state index contributed by atoms with van der Waals surface area (Å²) in [7, 11) is -2.42. The Bertz CT molecular complexity index is 671. The van der Waals surface area contributed by atoms with Crippen molar-refractivity contribution < 1.29 is 22.7 Å². The molecule has 1 atom stereocenters. The average molecular weight is 357 g/mol. The fraction of sp³-hybridized carbons (Fsp3) is 0.467. The van der Waals surface area contributed by atoms with Crippen LogP contribution in [0.2, 0.25) is 0 Å². The van der Waals surface area contributed by atoms with E-state index in [9.17, 15) is 18.0 Å². The predicted molar refractivity (Wildman–Crippen MR) is 88.8 cm³/mol. The molecule has 0 bridgehead atoms. The zero-order chi connectivity index (χ0) is 18.3. The zero-order valence-electron chi connectivity index (χ0n) is 13.9. The molecule has 0 aliphatic heterocycles. The molecular weight excluding hydrogens is 334 g/mol. The van der Waals surface area contributed by atoms with E-state index in [0.717, 1.165) is 0 Å². The van der Waals surface area contributed by atoms with Crippen LogP contribution in [0.25, 0.3) is 0 Å². The highest BCUT2D eigenvalue weighted by Gasteiger charge is 2.26. The Kier molecular flexibility index (Phi) is 7.18. The van der Waals surface area contributed by atoms with Gasteiger partial charge in [-0.2, -0.15) is 4.72 Å². The maximum Gasteiger partial charge on any atom is 0.241 e. The summed E-state index contributed by atoms with van der Waals surface area (Å²) in [4.78, 5) is 22.9. The number of sulfonamides is 1. The third kappa shape index (κ3) is 6.17. The maximum atomic E-state index is 12.4. The van der Waals surface area contributed by atoms with Gasteiger partial charge in [0.25, 0.3) is 0 Å². The van der Waals surface area contributed by atoms with Gasteiger partial charge in [-0.25, -0.2) is 8.42 Å². The van der Waals surface area contributed by atoms with Crippen LogP contribution in [-0.2, 0) is 19.6 Å². The molecule has 1 aromatic rings. The van der Waals surface area contributed by atoms with Crippen molar-refractivity contribution in [1.29, 1.82) is 0 Å². The minimum atomic E-state index is -3.90. The Morgan fingerprint density at radius 1 is 1.21 bits per heavy atom. The minimum Gasteiger partial charge on any atom is -0.497 e. The number of methoxy groups -OCH3 is 1. The Labute approximate surface area is 141 Å². The van der Waals surface area contributed by atoms with Crippen LogP contribution in [0.15, 0.2) is 29.2 Å². The first kappa shape index (κ1) is 19.9. The number of nitrogens with one attached hydrogen (secondary N) is 2. The minimum absolute atomic E-state index is 0.0137. The van der Waals surface area contributed by atoms with Crippen LogP contribution < -0.4 is 20.5 Å². The van der Waals surface area contributed by atoms with Gasteiger partial charge in [0.2, 0.25) is 21.8 Å². The predicted octanol–water partition coefficient (Wildman–Crippen LogP) is -0.0103. The van der Waals surface area contributed by atoms with E-state index in [-0.39, 0.29) is 23.8 Å². The second kappa shape index (κ2) is 8.65. The highest BCUT2D eigenvalue weighted by atomic mass is 32.2. The third-order valence-corrected chi connectivity index (χ3v) is 4.62. The van der Waals surface area contributed by atoms with Crippen molar-refractivity contribution in [1.82, 2.24) is 10.0 Å². The molecule has 8 nitrogen and oxygen atoms in total.